The van der Waals surface area contributed by atoms with Crippen LogP contribution in [0.2, 0.25) is 5.02 Å². The number of aromatic nitrogens is 1. The van der Waals surface area contributed by atoms with Gasteiger partial charge in [0.2, 0.25) is 0 Å². The van der Waals surface area contributed by atoms with Gasteiger partial charge in [0.25, 0.3) is 15.9 Å². The molecule has 0 saturated carbocycles. The molecule has 1 amide bonds. The van der Waals surface area contributed by atoms with E-state index in [1.165, 1.54) is 39.9 Å². The first-order valence-corrected chi connectivity index (χ1v) is 11.2. The van der Waals surface area contributed by atoms with Crippen molar-refractivity contribution in [2.75, 3.05) is 16.2 Å². The van der Waals surface area contributed by atoms with Crippen LogP contribution in [0.15, 0.2) is 72.3 Å². The number of hydrogen-bond donors (Lipinski definition) is 1. The van der Waals surface area contributed by atoms with Crippen molar-refractivity contribution in [2.24, 2.45) is 0 Å². The average Bonchev–Trinajstić information content (AvgIpc) is 3.11. The SMILES string of the molecule is C=CCN(c1ccc(Cl)cc1)S(=O)(=O)c1cccc(C(=O)Nc2ncc(C)s2)c1. The lowest BCUT2D eigenvalue weighted by Gasteiger charge is -2.23. The molecular formula is C20H18ClN3O3S2. The number of sulfonamides is 1. The third kappa shape index (κ3) is 4.84. The summed E-state index contributed by atoms with van der Waals surface area (Å²) >= 11 is 7.25. The summed E-state index contributed by atoms with van der Waals surface area (Å²) in [6.45, 7) is 5.59. The molecule has 0 aliphatic rings. The van der Waals surface area contributed by atoms with Crippen molar-refractivity contribution in [3.05, 3.63) is 82.8 Å². The first-order valence-electron chi connectivity index (χ1n) is 8.54. The van der Waals surface area contributed by atoms with Gasteiger partial charge in [-0.1, -0.05) is 23.7 Å². The van der Waals surface area contributed by atoms with Crippen molar-refractivity contribution < 1.29 is 13.2 Å². The Bertz CT molecular complexity index is 1140. The summed E-state index contributed by atoms with van der Waals surface area (Å²) in [5.41, 5.74) is 0.663. The maximum absolute atomic E-state index is 13.2. The van der Waals surface area contributed by atoms with Crippen LogP contribution in [-0.4, -0.2) is 25.9 Å². The Kier molecular flexibility index (Phi) is 6.36. The molecule has 9 heteroatoms. The number of aryl methyl sites for hydroxylation is 1. The Balaban J connectivity index is 1.93. The predicted octanol–water partition coefficient (Wildman–Crippen LogP) is 4.74. The highest BCUT2D eigenvalue weighted by Crippen LogP contribution is 2.26. The van der Waals surface area contributed by atoms with Gasteiger partial charge in [-0.05, 0) is 49.4 Å². The standard InChI is InChI=1S/C20H18ClN3O3S2/c1-3-11-24(17-9-7-16(21)8-10-17)29(26,27)18-6-4-5-15(12-18)19(25)23-20-22-13-14(2)28-20/h3-10,12-13H,1,11H2,2H3,(H,22,23,25). The monoisotopic (exact) mass is 447 g/mol. The van der Waals surface area contributed by atoms with Crippen LogP contribution >= 0.6 is 22.9 Å². The topological polar surface area (TPSA) is 79.4 Å². The van der Waals surface area contributed by atoms with Gasteiger partial charge in [0.15, 0.2) is 5.13 Å². The zero-order valence-electron chi connectivity index (χ0n) is 15.5. The number of carbonyl (C=O) groups excluding carboxylic acids is 1. The molecule has 0 saturated heterocycles. The molecule has 0 aliphatic heterocycles. The minimum absolute atomic E-state index is 0.00253. The lowest BCUT2D eigenvalue weighted by molar-refractivity contribution is 0.102. The summed E-state index contributed by atoms with van der Waals surface area (Å²) in [6.07, 6.45) is 3.15. The van der Waals surface area contributed by atoms with Crippen molar-refractivity contribution in [1.82, 2.24) is 4.98 Å². The third-order valence-corrected chi connectivity index (χ3v) is 6.81. The van der Waals surface area contributed by atoms with Gasteiger partial charge >= 0.3 is 0 Å². The summed E-state index contributed by atoms with van der Waals surface area (Å²) in [7, 11) is -3.93. The molecule has 0 fully saturated rings. The molecule has 3 rings (SSSR count). The number of benzene rings is 2. The number of carbonyl (C=O) groups is 1. The first-order chi connectivity index (χ1) is 13.8. The van der Waals surface area contributed by atoms with E-state index in [-0.39, 0.29) is 17.0 Å². The van der Waals surface area contributed by atoms with Gasteiger partial charge in [0.05, 0.1) is 17.1 Å². The van der Waals surface area contributed by atoms with Crippen LogP contribution in [0.25, 0.3) is 0 Å². The zero-order valence-corrected chi connectivity index (χ0v) is 17.9. The lowest BCUT2D eigenvalue weighted by atomic mass is 10.2. The van der Waals surface area contributed by atoms with Crippen LogP contribution in [0, 0.1) is 6.92 Å². The van der Waals surface area contributed by atoms with Crippen LogP contribution in [0.5, 0.6) is 0 Å². The molecule has 150 valence electrons. The van der Waals surface area contributed by atoms with Gasteiger partial charge < -0.3 is 0 Å². The molecule has 0 atom stereocenters. The van der Waals surface area contributed by atoms with E-state index in [2.05, 4.69) is 16.9 Å². The zero-order chi connectivity index (χ0) is 21.0. The molecule has 3 aromatic rings. The van der Waals surface area contributed by atoms with E-state index >= 15 is 0 Å². The lowest BCUT2D eigenvalue weighted by Crippen LogP contribution is -2.31. The number of anilines is 2. The fraction of sp³-hybridized carbons (Fsp3) is 0.100. The summed E-state index contributed by atoms with van der Waals surface area (Å²) < 4.78 is 27.7. The highest BCUT2D eigenvalue weighted by molar-refractivity contribution is 7.92. The number of nitrogens with one attached hydrogen (secondary N) is 1. The van der Waals surface area contributed by atoms with Crippen LogP contribution in [-0.2, 0) is 10.0 Å². The van der Waals surface area contributed by atoms with E-state index in [1.54, 1.807) is 36.5 Å². The second-order valence-electron chi connectivity index (χ2n) is 6.06. The number of thiazole rings is 1. The molecule has 0 bridgehead atoms. The molecule has 29 heavy (non-hydrogen) atoms. The minimum atomic E-state index is -3.93. The fourth-order valence-corrected chi connectivity index (χ4v) is 4.84. The highest BCUT2D eigenvalue weighted by atomic mass is 35.5. The van der Waals surface area contributed by atoms with Gasteiger partial charge in [-0.2, -0.15) is 0 Å². The van der Waals surface area contributed by atoms with Gasteiger partial charge in [-0.3, -0.25) is 14.4 Å². The van der Waals surface area contributed by atoms with E-state index in [0.29, 0.717) is 15.8 Å². The van der Waals surface area contributed by atoms with Crippen LogP contribution in [0.3, 0.4) is 0 Å². The molecular weight excluding hydrogens is 430 g/mol. The Morgan fingerprint density at radius 2 is 2.00 bits per heavy atom. The van der Waals surface area contributed by atoms with Crippen LogP contribution in [0.4, 0.5) is 10.8 Å². The van der Waals surface area contributed by atoms with Crippen LogP contribution in [0.1, 0.15) is 15.2 Å². The second-order valence-corrected chi connectivity index (χ2v) is 9.59. The van der Waals surface area contributed by atoms with Crippen molar-refractivity contribution in [1.29, 1.82) is 0 Å². The van der Waals surface area contributed by atoms with E-state index in [9.17, 15) is 13.2 Å². The summed E-state index contributed by atoms with van der Waals surface area (Å²) in [5, 5.41) is 3.63. The fourth-order valence-electron chi connectivity index (χ4n) is 2.57. The van der Waals surface area contributed by atoms with Crippen molar-refractivity contribution in [2.45, 2.75) is 11.8 Å². The normalized spacial score (nSPS) is 11.1. The number of hydrogen-bond acceptors (Lipinski definition) is 5. The Morgan fingerprint density at radius 3 is 2.62 bits per heavy atom. The Hall–Kier alpha value is -2.68. The Morgan fingerprint density at radius 1 is 1.28 bits per heavy atom. The summed E-state index contributed by atoms with van der Waals surface area (Å²) in [6, 6.07) is 12.3. The first kappa shape index (κ1) is 21.0. The minimum Gasteiger partial charge on any atom is -0.298 e. The second kappa shape index (κ2) is 8.77. The Labute approximate surface area is 178 Å². The molecule has 0 spiro atoms. The van der Waals surface area contributed by atoms with Crippen LogP contribution < -0.4 is 9.62 Å². The van der Waals surface area contributed by atoms with Gasteiger partial charge in [0, 0.05) is 21.7 Å². The molecule has 1 heterocycles. The molecule has 2 aromatic carbocycles. The maximum Gasteiger partial charge on any atom is 0.264 e. The largest absolute Gasteiger partial charge is 0.298 e. The highest BCUT2D eigenvalue weighted by Gasteiger charge is 2.25. The van der Waals surface area contributed by atoms with E-state index < -0.39 is 15.9 Å². The summed E-state index contributed by atoms with van der Waals surface area (Å²) in [4.78, 5) is 17.6. The molecule has 6 nitrogen and oxygen atoms in total. The van der Waals surface area contributed by atoms with Gasteiger partial charge in [0.1, 0.15) is 0 Å². The number of nitrogens with zero attached hydrogens (tertiary/aromatic N) is 2. The number of amides is 1. The van der Waals surface area contributed by atoms with Crippen molar-refractivity contribution in [3.63, 3.8) is 0 Å². The smallest absolute Gasteiger partial charge is 0.264 e. The average molecular weight is 448 g/mol. The molecule has 0 aliphatic carbocycles. The third-order valence-electron chi connectivity index (χ3n) is 3.94. The maximum atomic E-state index is 13.2. The van der Waals surface area contributed by atoms with Gasteiger partial charge in [-0.25, -0.2) is 13.4 Å². The van der Waals surface area contributed by atoms with E-state index in [4.69, 9.17) is 11.6 Å². The predicted molar refractivity (Wildman–Crippen MR) is 117 cm³/mol. The summed E-state index contributed by atoms with van der Waals surface area (Å²) in [5.74, 6) is -0.432. The number of rotatable bonds is 7. The molecule has 0 radical (unpaired) electrons. The van der Waals surface area contributed by atoms with Crippen molar-refractivity contribution in [3.8, 4) is 0 Å². The van der Waals surface area contributed by atoms with E-state index in [0.717, 1.165) is 4.88 Å². The van der Waals surface area contributed by atoms with Gasteiger partial charge in [-0.15, -0.1) is 17.9 Å². The molecule has 1 N–H and O–H groups in total. The molecule has 1 aromatic heterocycles. The quantitative estimate of drug-likeness (QED) is 0.530. The molecule has 0 unspecified atom stereocenters. The van der Waals surface area contributed by atoms with E-state index in [1.807, 2.05) is 6.92 Å². The number of halogens is 1. The van der Waals surface area contributed by atoms with Crippen molar-refractivity contribution >= 4 is 49.7 Å².